The number of carbonyl (C=O) groups is 2. The van der Waals surface area contributed by atoms with Gasteiger partial charge in [0.2, 0.25) is 5.91 Å². The normalized spacial score (nSPS) is 13.7. The van der Waals surface area contributed by atoms with Crippen molar-refractivity contribution in [1.29, 1.82) is 0 Å². The van der Waals surface area contributed by atoms with Gasteiger partial charge in [-0.25, -0.2) is 0 Å². The van der Waals surface area contributed by atoms with E-state index >= 15 is 0 Å². The molecule has 0 spiro atoms. The molecule has 0 saturated heterocycles. The van der Waals surface area contributed by atoms with Gasteiger partial charge in [-0.1, -0.05) is 248 Å². The minimum Gasteiger partial charge on any atom is -0.462 e. The number of ether oxygens (including phenoxy) is 1. The first kappa shape index (κ1) is 59.6. The molecule has 0 rings (SSSR count). The molecule has 0 aromatic carbocycles. The van der Waals surface area contributed by atoms with Crippen molar-refractivity contribution in [3.63, 3.8) is 0 Å². The van der Waals surface area contributed by atoms with Crippen molar-refractivity contribution in [3.05, 3.63) is 60.8 Å². The number of hydrogen-bond acceptors (Lipinski definition) is 5. The Hall–Kier alpha value is -2.44. The van der Waals surface area contributed by atoms with Crippen LogP contribution in [0.25, 0.3) is 0 Å². The number of nitrogens with one attached hydrogen (secondary N) is 1. The second-order valence-corrected chi connectivity index (χ2v) is 17.9. The van der Waals surface area contributed by atoms with E-state index < -0.39 is 18.2 Å². The number of unbranched alkanes of at least 4 members (excludes halogenated alkanes) is 25. The van der Waals surface area contributed by atoms with Gasteiger partial charge in [0.1, 0.15) is 6.10 Å². The number of carbonyl (C=O) groups excluding carboxylic acids is 2. The Morgan fingerprint density at radius 1 is 0.484 bits per heavy atom. The van der Waals surface area contributed by atoms with Crippen molar-refractivity contribution >= 4 is 11.9 Å². The van der Waals surface area contributed by atoms with E-state index in [0.29, 0.717) is 19.3 Å². The quantitative estimate of drug-likeness (QED) is 0.0322. The summed E-state index contributed by atoms with van der Waals surface area (Å²) in [4.78, 5) is 26.1. The molecule has 0 heterocycles. The van der Waals surface area contributed by atoms with Gasteiger partial charge in [-0.05, 0) is 57.8 Å². The molecule has 3 N–H and O–H groups in total. The number of amides is 1. The van der Waals surface area contributed by atoms with Crippen LogP contribution in [0.5, 0.6) is 0 Å². The van der Waals surface area contributed by atoms with Crippen LogP contribution >= 0.6 is 0 Å². The lowest BCUT2D eigenvalue weighted by molar-refractivity contribution is -0.150. The summed E-state index contributed by atoms with van der Waals surface area (Å²) in [5, 5.41) is 23.8. The van der Waals surface area contributed by atoms with Crippen LogP contribution in [-0.2, 0) is 14.3 Å². The fraction of sp³-hybridized carbons (Fsp3) is 0.786. The lowest BCUT2D eigenvalue weighted by Gasteiger charge is -2.24. The summed E-state index contributed by atoms with van der Waals surface area (Å²) in [6, 6.07) is -0.715. The Morgan fingerprint density at radius 2 is 0.839 bits per heavy atom. The molecule has 0 aliphatic carbocycles. The van der Waals surface area contributed by atoms with Crippen LogP contribution in [0, 0.1) is 0 Å². The lowest BCUT2D eigenvalue weighted by Crippen LogP contribution is -2.46. The van der Waals surface area contributed by atoms with Crippen molar-refractivity contribution in [2.24, 2.45) is 0 Å². The van der Waals surface area contributed by atoms with Crippen LogP contribution in [-0.4, -0.2) is 46.9 Å². The van der Waals surface area contributed by atoms with Gasteiger partial charge < -0.3 is 20.3 Å². The van der Waals surface area contributed by atoms with E-state index in [9.17, 15) is 19.8 Å². The molecule has 0 aromatic heterocycles. The summed E-state index contributed by atoms with van der Waals surface area (Å²) in [5.74, 6) is -0.568. The number of esters is 1. The summed E-state index contributed by atoms with van der Waals surface area (Å²) < 4.78 is 5.88. The van der Waals surface area contributed by atoms with E-state index in [-0.39, 0.29) is 31.3 Å². The summed E-state index contributed by atoms with van der Waals surface area (Å²) >= 11 is 0. The molecule has 3 unspecified atom stereocenters. The molecule has 0 aliphatic rings. The topological polar surface area (TPSA) is 95.9 Å². The van der Waals surface area contributed by atoms with Gasteiger partial charge in [-0.15, -0.1) is 0 Å². The highest BCUT2D eigenvalue weighted by molar-refractivity contribution is 5.77. The zero-order chi connectivity index (χ0) is 45.2. The maximum absolute atomic E-state index is 13.2. The molecule has 0 radical (unpaired) electrons. The Bertz CT molecular complexity index is 1110. The third kappa shape index (κ3) is 44.2. The highest BCUT2D eigenvalue weighted by Crippen LogP contribution is 2.18. The van der Waals surface area contributed by atoms with Gasteiger partial charge in [0.15, 0.2) is 0 Å². The van der Waals surface area contributed by atoms with Gasteiger partial charge in [0, 0.05) is 6.42 Å². The number of rotatable bonds is 47. The van der Waals surface area contributed by atoms with E-state index in [1.165, 1.54) is 135 Å². The van der Waals surface area contributed by atoms with Crippen molar-refractivity contribution in [3.8, 4) is 0 Å². The summed E-state index contributed by atoms with van der Waals surface area (Å²) in [7, 11) is 0. The number of aliphatic hydroxyl groups excluding tert-OH is 2. The van der Waals surface area contributed by atoms with Crippen molar-refractivity contribution < 1.29 is 24.5 Å². The van der Waals surface area contributed by atoms with Gasteiger partial charge in [0.25, 0.3) is 0 Å². The molecule has 1 amide bonds. The van der Waals surface area contributed by atoms with Crippen LogP contribution < -0.4 is 5.32 Å². The molecule has 0 saturated carbocycles. The second kappa shape index (κ2) is 49.6. The highest BCUT2D eigenvalue weighted by Gasteiger charge is 2.24. The Labute approximate surface area is 384 Å². The third-order valence-electron chi connectivity index (χ3n) is 11.9. The van der Waals surface area contributed by atoms with Crippen molar-refractivity contribution in [2.75, 3.05) is 6.61 Å². The standard InChI is InChI=1S/C56H101NO5/c1-4-7-10-13-16-19-22-24-26-28-29-31-33-36-39-42-45-48-54(59)53(51-58)57-55(60)50-52(47-44-41-38-35-21-18-15-12-9-6-3)62-56(61)49-46-43-40-37-34-32-30-27-25-23-20-17-14-11-8-5-2/h8,11,17,20,25,27,32,34,40,43,52-54,58-59H,4-7,9-10,12-16,18-19,21-24,26,28-31,33,35-39,41-42,44-51H2,1-3H3,(H,57,60)/b11-8+,20-17+,27-25+,34-32+,43-40+. The van der Waals surface area contributed by atoms with E-state index in [4.69, 9.17) is 4.74 Å². The molecule has 62 heavy (non-hydrogen) atoms. The van der Waals surface area contributed by atoms with Crippen LogP contribution in [0.2, 0.25) is 0 Å². The van der Waals surface area contributed by atoms with E-state index in [1.807, 2.05) is 6.08 Å². The fourth-order valence-electron chi connectivity index (χ4n) is 7.89. The van der Waals surface area contributed by atoms with Gasteiger partial charge >= 0.3 is 5.97 Å². The first-order valence-electron chi connectivity index (χ1n) is 26.5. The van der Waals surface area contributed by atoms with Gasteiger partial charge in [-0.2, -0.15) is 0 Å². The number of allylic oxidation sites excluding steroid dienone is 10. The Balaban J connectivity index is 4.54. The van der Waals surface area contributed by atoms with Crippen LogP contribution in [0.15, 0.2) is 60.8 Å². The van der Waals surface area contributed by atoms with Crippen LogP contribution in [0.4, 0.5) is 0 Å². The molecule has 0 bridgehead atoms. The second-order valence-electron chi connectivity index (χ2n) is 17.9. The molecule has 0 aromatic rings. The summed E-state index contributed by atoms with van der Waals surface area (Å²) in [6.45, 7) is 6.36. The predicted octanol–water partition coefficient (Wildman–Crippen LogP) is 16.0. The molecule has 6 nitrogen and oxygen atoms in total. The van der Waals surface area contributed by atoms with Crippen molar-refractivity contribution in [2.45, 2.75) is 277 Å². The van der Waals surface area contributed by atoms with Crippen LogP contribution in [0.1, 0.15) is 258 Å². The van der Waals surface area contributed by atoms with Crippen molar-refractivity contribution in [1.82, 2.24) is 5.32 Å². The largest absolute Gasteiger partial charge is 0.462 e. The first-order chi connectivity index (χ1) is 30.5. The summed E-state index contributed by atoms with van der Waals surface area (Å²) in [6.07, 6.45) is 61.5. The predicted molar refractivity (Wildman–Crippen MR) is 268 cm³/mol. The smallest absolute Gasteiger partial charge is 0.306 e. The van der Waals surface area contributed by atoms with E-state index in [2.05, 4.69) is 80.8 Å². The molecular weight excluding hydrogens is 767 g/mol. The average molecular weight is 868 g/mol. The molecule has 0 aliphatic heterocycles. The molecule has 3 atom stereocenters. The van der Waals surface area contributed by atoms with Gasteiger partial charge in [0.05, 0.1) is 25.2 Å². The molecule has 6 heteroatoms. The lowest BCUT2D eigenvalue weighted by atomic mass is 10.0. The fourth-order valence-corrected chi connectivity index (χ4v) is 7.89. The third-order valence-corrected chi connectivity index (χ3v) is 11.9. The maximum Gasteiger partial charge on any atom is 0.306 e. The van der Waals surface area contributed by atoms with Crippen LogP contribution in [0.3, 0.4) is 0 Å². The molecule has 360 valence electrons. The molecule has 0 fully saturated rings. The monoisotopic (exact) mass is 868 g/mol. The van der Waals surface area contributed by atoms with Gasteiger partial charge in [-0.3, -0.25) is 9.59 Å². The first-order valence-corrected chi connectivity index (χ1v) is 26.5. The Kier molecular flexibility index (Phi) is 47.6. The minimum atomic E-state index is -0.799. The average Bonchev–Trinajstić information content (AvgIpc) is 3.26. The number of aliphatic hydroxyl groups is 2. The zero-order valence-corrected chi connectivity index (χ0v) is 41.0. The zero-order valence-electron chi connectivity index (χ0n) is 41.0. The Morgan fingerprint density at radius 3 is 1.23 bits per heavy atom. The highest BCUT2D eigenvalue weighted by atomic mass is 16.5. The van der Waals surface area contributed by atoms with E-state index in [1.54, 1.807) is 0 Å². The summed E-state index contributed by atoms with van der Waals surface area (Å²) in [5.41, 5.74) is 0. The number of hydrogen-bond donors (Lipinski definition) is 3. The SMILES string of the molecule is CC/C=C/C/C=C/C/C=C/C/C=C/C/C=C/CCC(=O)OC(CCCCCCCCCCCC)CC(=O)NC(CO)C(O)CCCCCCCCCCCCCCCCCCC. The van der Waals surface area contributed by atoms with E-state index in [0.717, 1.165) is 70.6 Å². The maximum atomic E-state index is 13.2. The minimum absolute atomic E-state index is 0.0488. The molecular formula is C56H101NO5.